The second-order valence-electron chi connectivity index (χ2n) is 11.3. The molecule has 0 radical (unpaired) electrons. The number of H-pyrrole nitrogens is 1. The van der Waals surface area contributed by atoms with Crippen molar-refractivity contribution >= 4 is 32.5 Å². The Hall–Kier alpha value is -3.80. The number of nitrogens with one attached hydrogen (secondary N) is 3. The van der Waals surface area contributed by atoms with E-state index >= 15 is 8.78 Å². The van der Waals surface area contributed by atoms with Crippen molar-refractivity contribution in [1.82, 2.24) is 15.2 Å². The summed E-state index contributed by atoms with van der Waals surface area (Å²) in [7, 11) is -3.97. The molecular formula is C31H34F2N4O4S. The van der Waals surface area contributed by atoms with Crippen LogP contribution in [-0.2, 0) is 20.2 Å². The fraction of sp³-hybridized carbons (Fsp3) is 0.323. The minimum absolute atomic E-state index is 0.0139. The van der Waals surface area contributed by atoms with E-state index in [1.165, 1.54) is 30.3 Å². The van der Waals surface area contributed by atoms with Crippen molar-refractivity contribution in [3.8, 4) is 11.1 Å². The number of carbonyl (C=O) groups excluding carboxylic acids is 1. The standard InChI is InChI=1S/C31H34F2N4O4S/c1-31(2,3)20-7-10-22(11-8-20)42(39,40)36-21-9-12-26-23(19-21)27(28-24(32)5-4-6-25(28)33)29(35-26)30(38)34-13-14-37-15-17-41-18-16-37/h4-12,19,35-36H,13-18H2,1-3H3,(H,34,38). The number of hydrogen-bond donors (Lipinski definition) is 3. The van der Waals surface area contributed by atoms with Crippen molar-refractivity contribution in [3.05, 3.63) is 83.6 Å². The maximum Gasteiger partial charge on any atom is 0.268 e. The van der Waals surface area contributed by atoms with E-state index in [0.29, 0.717) is 37.2 Å². The van der Waals surface area contributed by atoms with Crippen LogP contribution in [0.2, 0.25) is 0 Å². The predicted molar refractivity (Wildman–Crippen MR) is 159 cm³/mol. The van der Waals surface area contributed by atoms with E-state index in [-0.39, 0.29) is 32.8 Å². The van der Waals surface area contributed by atoms with E-state index in [1.807, 2.05) is 20.8 Å². The van der Waals surface area contributed by atoms with Gasteiger partial charge in [0.05, 0.1) is 23.7 Å². The number of aromatic amines is 1. The van der Waals surface area contributed by atoms with Gasteiger partial charge in [-0.2, -0.15) is 0 Å². The van der Waals surface area contributed by atoms with Crippen LogP contribution in [0.1, 0.15) is 36.8 Å². The van der Waals surface area contributed by atoms with Gasteiger partial charge in [-0.15, -0.1) is 0 Å². The molecule has 0 unspecified atom stereocenters. The Balaban J connectivity index is 1.48. The number of amides is 1. The molecule has 0 spiro atoms. The molecule has 3 N–H and O–H groups in total. The number of anilines is 1. The molecule has 3 aromatic carbocycles. The number of nitrogens with zero attached hydrogens (tertiary/aromatic N) is 1. The molecular weight excluding hydrogens is 562 g/mol. The molecule has 2 heterocycles. The van der Waals surface area contributed by atoms with Gasteiger partial charge in [0.2, 0.25) is 0 Å². The predicted octanol–water partition coefficient (Wildman–Crippen LogP) is 5.27. The van der Waals surface area contributed by atoms with Crippen LogP contribution in [-0.4, -0.2) is 63.6 Å². The molecule has 0 aliphatic carbocycles. The third-order valence-electron chi connectivity index (χ3n) is 7.34. The lowest BCUT2D eigenvalue weighted by atomic mass is 9.87. The lowest BCUT2D eigenvalue weighted by Gasteiger charge is -2.26. The summed E-state index contributed by atoms with van der Waals surface area (Å²) in [4.78, 5) is 18.5. The molecule has 1 saturated heterocycles. The van der Waals surface area contributed by atoms with E-state index in [4.69, 9.17) is 4.74 Å². The first-order valence-corrected chi connectivity index (χ1v) is 15.2. The zero-order valence-corrected chi connectivity index (χ0v) is 24.6. The molecule has 4 aromatic rings. The van der Waals surface area contributed by atoms with Gasteiger partial charge in [0, 0.05) is 48.3 Å². The highest BCUT2D eigenvalue weighted by atomic mass is 32.2. The summed E-state index contributed by atoms with van der Waals surface area (Å²) in [5, 5.41) is 3.13. The van der Waals surface area contributed by atoms with Crippen molar-refractivity contribution in [1.29, 1.82) is 0 Å². The third kappa shape index (κ3) is 6.33. The maximum absolute atomic E-state index is 15.1. The monoisotopic (exact) mass is 596 g/mol. The number of morpholine rings is 1. The minimum Gasteiger partial charge on any atom is -0.379 e. The van der Waals surface area contributed by atoms with Crippen LogP contribution in [0, 0.1) is 11.6 Å². The number of hydrogen-bond acceptors (Lipinski definition) is 5. The molecule has 0 atom stereocenters. The second kappa shape index (κ2) is 11.8. The van der Waals surface area contributed by atoms with E-state index in [1.54, 1.807) is 18.2 Å². The summed E-state index contributed by atoms with van der Waals surface area (Å²) in [6.45, 7) is 9.80. The van der Waals surface area contributed by atoms with Crippen LogP contribution < -0.4 is 10.0 Å². The zero-order chi connectivity index (χ0) is 30.1. The van der Waals surface area contributed by atoms with Gasteiger partial charge >= 0.3 is 0 Å². The molecule has 0 bridgehead atoms. The highest BCUT2D eigenvalue weighted by molar-refractivity contribution is 7.92. The Bertz CT molecular complexity index is 1690. The molecule has 1 fully saturated rings. The van der Waals surface area contributed by atoms with Crippen LogP contribution in [0.15, 0.2) is 65.6 Å². The molecule has 11 heteroatoms. The summed E-state index contributed by atoms with van der Waals surface area (Å²) < 4.78 is 64.5. The molecule has 5 rings (SSSR count). The van der Waals surface area contributed by atoms with Crippen molar-refractivity contribution in [3.63, 3.8) is 0 Å². The largest absolute Gasteiger partial charge is 0.379 e. The Kier molecular flexibility index (Phi) is 8.36. The van der Waals surface area contributed by atoms with Crippen molar-refractivity contribution in [2.45, 2.75) is 31.1 Å². The first kappa shape index (κ1) is 29.7. The lowest BCUT2D eigenvalue weighted by Crippen LogP contribution is -2.41. The molecule has 1 aromatic heterocycles. The molecule has 1 aliphatic heterocycles. The highest BCUT2D eigenvalue weighted by Crippen LogP contribution is 2.37. The van der Waals surface area contributed by atoms with Gasteiger partial charge < -0.3 is 15.0 Å². The van der Waals surface area contributed by atoms with Gasteiger partial charge in [0.15, 0.2) is 0 Å². The summed E-state index contributed by atoms with van der Waals surface area (Å²) in [5.41, 5.74) is 1.07. The summed E-state index contributed by atoms with van der Waals surface area (Å²) in [5.74, 6) is -2.22. The van der Waals surface area contributed by atoms with Crippen molar-refractivity contribution in [2.24, 2.45) is 0 Å². The Morgan fingerprint density at radius 2 is 1.64 bits per heavy atom. The first-order valence-electron chi connectivity index (χ1n) is 13.8. The number of benzene rings is 3. The molecule has 1 amide bonds. The van der Waals surface area contributed by atoms with Crippen molar-refractivity contribution < 1.29 is 26.7 Å². The third-order valence-corrected chi connectivity index (χ3v) is 8.74. The SMILES string of the molecule is CC(C)(C)c1ccc(S(=O)(=O)Nc2ccc3[nH]c(C(=O)NCCN4CCOCC4)c(-c4c(F)cccc4F)c3c2)cc1. The van der Waals surface area contributed by atoms with Gasteiger partial charge in [-0.25, -0.2) is 17.2 Å². The lowest BCUT2D eigenvalue weighted by molar-refractivity contribution is 0.0383. The number of sulfonamides is 1. The quantitative estimate of drug-likeness (QED) is 0.257. The van der Waals surface area contributed by atoms with Gasteiger partial charge in [-0.1, -0.05) is 39.0 Å². The number of halogens is 2. The normalized spacial score (nSPS) is 14.7. The Morgan fingerprint density at radius 1 is 0.976 bits per heavy atom. The van der Waals surface area contributed by atoms with Crippen LogP contribution in [0.4, 0.5) is 14.5 Å². The molecule has 1 aliphatic rings. The average molecular weight is 597 g/mol. The smallest absolute Gasteiger partial charge is 0.268 e. The fourth-order valence-electron chi connectivity index (χ4n) is 5.01. The molecule has 0 saturated carbocycles. The van der Waals surface area contributed by atoms with Crippen LogP contribution >= 0.6 is 0 Å². The molecule has 222 valence electrons. The van der Waals surface area contributed by atoms with Crippen molar-refractivity contribution in [2.75, 3.05) is 44.1 Å². The van der Waals surface area contributed by atoms with Crippen LogP contribution in [0.25, 0.3) is 22.0 Å². The minimum atomic E-state index is -3.97. The van der Waals surface area contributed by atoms with Crippen LogP contribution in [0.3, 0.4) is 0 Å². The van der Waals surface area contributed by atoms with E-state index < -0.39 is 27.6 Å². The number of aromatic nitrogens is 1. The topological polar surface area (TPSA) is 104 Å². The van der Waals surface area contributed by atoms with E-state index in [9.17, 15) is 13.2 Å². The summed E-state index contributed by atoms with van der Waals surface area (Å²) >= 11 is 0. The van der Waals surface area contributed by atoms with Gasteiger partial charge in [-0.05, 0) is 53.4 Å². The number of carbonyl (C=O) groups is 1. The molecule has 8 nitrogen and oxygen atoms in total. The number of ether oxygens (including phenoxy) is 1. The fourth-order valence-corrected chi connectivity index (χ4v) is 6.06. The first-order chi connectivity index (χ1) is 19.9. The van der Waals surface area contributed by atoms with Gasteiger partial charge in [-0.3, -0.25) is 14.4 Å². The summed E-state index contributed by atoms with van der Waals surface area (Å²) in [6.07, 6.45) is 0. The van der Waals surface area contributed by atoms with Gasteiger partial charge in [0.1, 0.15) is 17.3 Å². The zero-order valence-electron chi connectivity index (χ0n) is 23.8. The Morgan fingerprint density at radius 3 is 2.29 bits per heavy atom. The maximum atomic E-state index is 15.1. The Labute approximate surface area is 244 Å². The number of rotatable bonds is 8. The average Bonchev–Trinajstić information content (AvgIpc) is 3.31. The molecule has 42 heavy (non-hydrogen) atoms. The summed E-state index contributed by atoms with van der Waals surface area (Å²) in [6, 6.07) is 14.7. The van der Waals surface area contributed by atoms with Crippen LogP contribution in [0.5, 0.6) is 0 Å². The van der Waals surface area contributed by atoms with E-state index in [0.717, 1.165) is 30.8 Å². The highest BCUT2D eigenvalue weighted by Gasteiger charge is 2.25. The van der Waals surface area contributed by atoms with Gasteiger partial charge in [0.25, 0.3) is 15.9 Å². The van der Waals surface area contributed by atoms with E-state index in [2.05, 4.69) is 19.9 Å². The second-order valence-corrected chi connectivity index (χ2v) is 13.0. The number of fused-ring (bicyclic) bond motifs is 1.